The van der Waals surface area contributed by atoms with Crippen molar-refractivity contribution in [1.82, 2.24) is 4.90 Å². The summed E-state index contributed by atoms with van der Waals surface area (Å²) in [6, 6.07) is 7.29. The third-order valence-electron chi connectivity index (χ3n) is 2.31. The SMILES string of the molecule is O=C(O)N1Cc2ccccc2NCC1=O. The van der Waals surface area contributed by atoms with Crippen molar-refractivity contribution in [3.63, 3.8) is 0 Å². The summed E-state index contributed by atoms with van der Waals surface area (Å²) in [7, 11) is 0. The first-order valence-electron chi connectivity index (χ1n) is 4.53. The summed E-state index contributed by atoms with van der Waals surface area (Å²) in [6.07, 6.45) is -1.21. The molecule has 0 bridgehead atoms. The minimum atomic E-state index is -1.21. The van der Waals surface area contributed by atoms with E-state index in [2.05, 4.69) is 5.32 Å². The van der Waals surface area contributed by atoms with Crippen LogP contribution in [0.25, 0.3) is 0 Å². The zero-order valence-electron chi connectivity index (χ0n) is 7.93. The standard InChI is InChI=1S/C10H10N2O3/c13-9-5-11-8-4-2-1-3-7(8)6-12(9)10(14)15/h1-4,11H,5-6H2,(H,14,15). The van der Waals surface area contributed by atoms with Crippen LogP contribution >= 0.6 is 0 Å². The molecule has 0 atom stereocenters. The lowest BCUT2D eigenvalue weighted by Gasteiger charge is -2.13. The van der Waals surface area contributed by atoms with Crippen LogP contribution in [0.1, 0.15) is 5.56 Å². The molecule has 0 aliphatic carbocycles. The lowest BCUT2D eigenvalue weighted by Crippen LogP contribution is -2.36. The second kappa shape index (κ2) is 3.61. The number of hydrogen-bond donors (Lipinski definition) is 2. The van der Waals surface area contributed by atoms with Gasteiger partial charge in [0.1, 0.15) is 0 Å². The number of carboxylic acid groups (broad SMARTS) is 1. The van der Waals surface area contributed by atoms with Gasteiger partial charge in [-0.25, -0.2) is 9.69 Å². The van der Waals surface area contributed by atoms with Crippen LogP contribution in [0.3, 0.4) is 0 Å². The van der Waals surface area contributed by atoms with Gasteiger partial charge in [0, 0.05) is 5.69 Å². The number of carbonyl (C=O) groups excluding carboxylic acids is 1. The molecule has 1 aliphatic rings. The molecule has 0 unspecified atom stereocenters. The van der Waals surface area contributed by atoms with E-state index >= 15 is 0 Å². The second-order valence-electron chi connectivity index (χ2n) is 3.27. The highest BCUT2D eigenvalue weighted by molar-refractivity contribution is 5.94. The monoisotopic (exact) mass is 206 g/mol. The number of benzene rings is 1. The lowest BCUT2D eigenvalue weighted by atomic mass is 10.2. The molecule has 2 rings (SSSR count). The molecule has 1 heterocycles. The van der Waals surface area contributed by atoms with Gasteiger partial charge in [0.25, 0.3) is 5.91 Å². The number of hydrogen-bond acceptors (Lipinski definition) is 3. The zero-order chi connectivity index (χ0) is 10.8. The molecule has 0 fully saturated rings. The number of imide groups is 1. The van der Waals surface area contributed by atoms with Crippen molar-refractivity contribution in [2.45, 2.75) is 6.54 Å². The number of amides is 2. The summed E-state index contributed by atoms with van der Waals surface area (Å²) < 4.78 is 0. The van der Waals surface area contributed by atoms with Crippen molar-refractivity contribution in [3.05, 3.63) is 29.8 Å². The van der Waals surface area contributed by atoms with E-state index in [1.165, 1.54) is 0 Å². The molecule has 1 aliphatic heterocycles. The highest BCUT2D eigenvalue weighted by atomic mass is 16.4. The summed E-state index contributed by atoms with van der Waals surface area (Å²) in [4.78, 5) is 23.0. The van der Waals surface area contributed by atoms with Crippen LogP contribution in [0.2, 0.25) is 0 Å². The van der Waals surface area contributed by atoms with Gasteiger partial charge in [-0.05, 0) is 11.6 Å². The van der Waals surface area contributed by atoms with Gasteiger partial charge in [-0.1, -0.05) is 18.2 Å². The summed E-state index contributed by atoms with van der Waals surface area (Å²) >= 11 is 0. The first-order valence-corrected chi connectivity index (χ1v) is 4.53. The van der Waals surface area contributed by atoms with E-state index < -0.39 is 12.0 Å². The number of rotatable bonds is 0. The van der Waals surface area contributed by atoms with E-state index in [1.54, 1.807) is 6.07 Å². The molecule has 2 N–H and O–H groups in total. The van der Waals surface area contributed by atoms with Crippen molar-refractivity contribution >= 4 is 17.7 Å². The molecule has 15 heavy (non-hydrogen) atoms. The predicted octanol–water partition coefficient (Wildman–Crippen LogP) is 1.12. The van der Waals surface area contributed by atoms with E-state index in [0.29, 0.717) is 0 Å². The molecule has 0 aromatic heterocycles. The zero-order valence-corrected chi connectivity index (χ0v) is 7.93. The molecule has 2 amide bonds. The predicted molar refractivity (Wildman–Crippen MR) is 53.5 cm³/mol. The smallest absolute Gasteiger partial charge is 0.414 e. The maximum Gasteiger partial charge on any atom is 0.414 e. The fourth-order valence-corrected chi connectivity index (χ4v) is 1.53. The van der Waals surface area contributed by atoms with Gasteiger partial charge in [-0.2, -0.15) is 0 Å². The van der Waals surface area contributed by atoms with E-state index in [-0.39, 0.29) is 13.1 Å². The van der Waals surface area contributed by atoms with Gasteiger partial charge in [0.05, 0.1) is 13.1 Å². The molecule has 78 valence electrons. The Kier molecular flexibility index (Phi) is 2.29. The first-order chi connectivity index (χ1) is 7.18. The lowest BCUT2D eigenvalue weighted by molar-refractivity contribution is -0.127. The Morgan fingerprint density at radius 2 is 2.13 bits per heavy atom. The van der Waals surface area contributed by atoms with Gasteiger partial charge < -0.3 is 10.4 Å². The highest BCUT2D eigenvalue weighted by Crippen LogP contribution is 2.19. The Bertz CT molecular complexity index is 417. The Morgan fingerprint density at radius 3 is 2.87 bits per heavy atom. The van der Waals surface area contributed by atoms with Gasteiger partial charge in [-0.15, -0.1) is 0 Å². The van der Waals surface area contributed by atoms with Crippen molar-refractivity contribution in [3.8, 4) is 0 Å². The average molecular weight is 206 g/mol. The van der Waals surface area contributed by atoms with Crippen LogP contribution in [0.5, 0.6) is 0 Å². The highest BCUT2D eigenvalue weighted by Gasteiger charge is 2.24. The molecule has 1 aromatic carbocycles. The van der Waals surface area contributed by atoms with Crippen LogP contribution in [-0.2, 0) is 11.3 Å². The van der Waals surface area contributed by atoms with Crippen LogP contribution in [0, 0.1) is 0 Å². The summed E-state index contributed by atoms with van der Waals surface area (Å²) in [6.45, 7) is 0.126. The fraction of sp³-hybridized carbons (Fsp3) is 0.200. The molecule has 1 aromatic rings. The van der Waals surface area contributed by atoms with E-state index in [1.807, 2.05) is 18.2 Å². The van der Waals surface area contributed by atoms with Gasteiger partial charge in [-0.3, -0.25) is 4.79 Å². The normalized spacial score (nSPS) is 15.2. The number of para-hydroxylation sites is 1. The Balaban J connectivity index is 2.35. The first kappa shape index (κ1) is 9.51. The van der Waals surface area contributed by atoms with Crippen molar-refractivity contribution in [1.29, 1.82) is 0 Å². The maximum atomic E-state index is 11.4. The molecule has 0 saturated carbocycles. The molecule has 5 heteroatoms. The minimum Gasteiger partial charge on any atom is -0.465 e. The number of anilines is 1. The van der Waals surface area contributed by atoms with Crippen LogP contribution in [-0.4, -0.2) is 28.6 Å². The summed E-state index contributed by atoms with van der Waals surface area (Å²) in [5, 5.41) is 11.7. The minimum absolute atomic E-state index is 0.0172. The molecular weight excluding hydrogens is 196 g/mol. The fourth-order valence-electron chi connectivity index (χ4n) is 1.53. The summed E-state index contributed by atoms with van der Waals surface area (Å²) in [5.41, 5.74) is 1.63. The number of fused-ring (bicyclic) bond motifs is 1. The Morgan fingerprint density at radius 1 is 1.40 bits per heavy atom. The quantitative estimate of drug-likeness (QED) is 0.667. The Hall–Kier alpha value is -2.04. The van der Waals surface area contributed by atoms with E-state index in [9.17, 15) is 9.59 Å². The molecule has 0 radical (unpaired) electrons. The maximum absolute atomic E-state index is 11.4. The van der Waals surface area contributed by atoms with E-state index in [0.717, 1.165) is 16.2 Å². The number of carbonyl (C=O) groups is 2. The van der Waals surface area contributed by atoms with Crippen LogP contribution in [0.15, 0.2) is 24.3 Å². The van der Waals surface area contributed by atoms with Crippen LogP contribution < -0.4 is 5.32 Å². The van der Waals surface area contributed by atoms with Crippen molar-refractivity contribution in [2.24, 2.45) is 0 Å². The Labute approximate surface area is 86.3 Å². The largest absolute Gasteiger partial charge is 0.465 e. The van der Waals surface area contributed by atoms with Crippen LogP contribution in [0.4, 0.5) is 10.5 Å². The van der Waals surface area contributed by atoms with Crippen molar-refractivity contribution in [2.75, 3.05) is 11.9 Å². The summed E-state index contributed by atoms with van der Waals surface area (Å²) in [5.74, 6) is -0.432. The van der Waals surface area contributed by atoms with Gasteiger partial charge in [0.2, 0.25) is 0 Å². The topological polar surface area (TPSA) is 69.6 Å². The van der Waals surface area contributed by atoms with E-state index in [4.69, 9.17) is 5.11 Å². The van der Waals surface area contributed by atoms with Crippen molar-refractivity contribution < 1.29 is 14.7 Å². The third-order valence-corrected chi connectivity index (χ3v) is 2.31. The van der Waals surface area contributed by atoms with Gasteiger partial charge in [0.15, 0.2) is 0 Å². The molecule has 0 saturated heterocycles. The molecule has 0 spiro atoms. The number of nitrogens with one attached hydrogen (secondary N) is 1. The third kappa shape index (κ3) is 1.76. The molecular formula is C10H10N2O3. The number of nitrogens with zero attached hydrogens (tertiary/aromatic N) is 1. The average Bonchev–Trinajstić information content (AvgIpc) is 2.39. The van der Waals surface area contributed by atoms with Gasteiger partial charge >= 0.3 is 6.09 Å². The molecule has 5 nitrogen and oxygen atoms in total. The second-order valence-corrected chi connectivity index (χ2v) is 3.27.